The number of hydrogen-bond donors (Lipinski definition) is 1. The van der Waals surface area contributed by atoms with Gasteiger partial charge in [0.1, 0.15) is 5.75 Å². The summed E-state index contributed by atoms with van der Waals surface area (Å²) in [5.74, 6) is 1.88. The molecular weight excluding hydrogens is 230 g/mol. The van der Waals surface area contributed by atoms with Gasteiger partial charge in [0, 0.05) is 5.56 Å². The Hall–Kier alpha value is -1.88. The number of aromatic nitrogens is 2. The molecule has 5 nitrogen and oxygen atoms in total. The van der Waals surface area contributed by atoms with E-state index in [1.807, 2.05) is 32.9 Å². The molecular formula is C13H17N3O2. The molecule has 0 aliphatic heterocycles. The number of aryl methyl sites for hydroxylation is 2. The van der Waals surface area contributed by atoms with Gasteiger partial charge >= 0.3 is 0 Å². The van der Waals surface area contributed by atoms with Crippen molar-refractivity contribution in [1.82, 2.24) is 10.1 Å². The van der Waals surface area contributed by atoms with Gasteiger partial charge in [-0.05, 0) is 44.0 Å². The van der Waals surface area contributed by atoms with Crippen molar-refractivity contribution in [2.45, 2.75) is 26.8 Å². The van der Waals surface area contributed by atoms with E-state index in [9.17, 15) is 0 Å². The number of benzene rings is 1. The van der Waals surface area contributed by atoms with Gasteiger partial charge in [0.2, 0.25) is 11.7 Å². The molecule has 0 radical (unpaired) electrons. The molecule has 0 unspecified atom stereocenters. The summed E-state index contributed by atoms with van der Waals surface area (Å²) in [4.78, 5) is 4.27. The highest BCUT2D eigenvalue weighted by atomic mass is 16.5. The van der Waals surface area contributed by atoms with Gasteiger partial charge in [-0.1, -0.05) is 5.16 Å². The fraction of sp³-hybridized carbons (Fsp3) is 0.385. The van der Waals surface area contributed by atoms with Crippen LogP contribution in [0, 0.1) is 13.8 Å². The zero-order valence-electron chi connectivity index (χ0n) is 11.0. The van der Waals surface area contributed by atoms with Crippen molar-refractivity contribution in [1.29, 1.82) is 0 Å². The Morgan fingerprint density at radius 2 is 1.89 bits per heavy atom. The first-order valence-electron chi connectivity index (χ1n) is 5.77. The smallest absolute Gasteiger partial charge is 0.243 e. The lowest BCUT2D eigenvalue weighted by Gasteiger charge is -2.09. The van der Waals surface area contributed by atoms with Gasteiger partial charge < -0.3 is 15.0 Å². The summed E-state index contributed by atoms with van der Waals surface area (Å²) in [6.45, 7) is 5.78. The van der Waals surface area contributed by atoms with E-state index in [0.29, 0.717) is 11.7 Å². The number of methoxy groups -OCH3 is 1. The van der Waals surface area contributed by atoms with Crippen LogP contribution in [-0.2, 0) is 0 Å². The van der Waals surface area contributed by atoms with Crippen LogP contribution in [0.25, 0.3) is 11.4 Å². The molecule has 0 saturated carbocycles. The molecule has 1 heterocycles. The fourth-order valence-corrected chi connectivity index (χ4v) is 1.94. The minimum atomic E-state index is -0.258. The van der Waals surface area contributed by atoms with Crippen LogP contribution >= 0.6 is 0 Å². The monoisotopic (exact) mass is 247 g/mol. The molecule has 0 bridgehead atoms. The van der Waals surface area contributed by atoms with Crippen LogP contribution in [-0.4, -0.2) is 17.3 Å². The maximum Gasteiger partial charge on any atom is 0.243 e. The van der Waals surface area contributed by atoms with E-state index in [1.54, 1.807) is 7.11 Å². The number of nitrogens with two attached hydrogens (primary N) is 1. The van der Waals surface area contributed by atoms with Crippen LogP contribution in [0.5, 0.6) is 5.75 Å². The molecule has 0 saturated heterocycles. The fourth-order valence-electron chi connectivity index (χ4n) is 1.94. The second kappa shape index (κ2) is 4.78. The predicted octanol–water partition coefficient (Wildman–Crippen LogP) is 2.38. The summed E-state index contributed by atoms with van der Waals surface area (Å²) in [5.41, 5.74) is 8.68. The number of rotatable bonds is 3. The first kappa shape index (κ1) is 12.6. The second-order valence-electron chi connectivity index (χ2n) is 4.39. The Kier molecular flexibility index (Phi) is 3.34. The highest BCUT2D eigenvalue weighted by Crippen LogP contribution is 2.28. The third kappa shape index (κ3) is 2.22. The van der Waals surface area contributed by atoms with Gasteiger partial charge in [0.25, 0.3) is 0 Å². The van der Waals surface area contributed by atoms with Gasteiger partial charge in [-0.3, -0.25) is 0 Å². The third-order valence-electron chi connectivity index (χ3n) is 2.75. The van der Waals surface area contributed by atoms with E-state index in [-0.39, 0.29) is 6.04 Å². The van der Waals surface area contributed by atoms with Gasteiger partial charge in [-0.25, -0.2) is 0 Å². The molecule has 0 fully saturated rings. The summed E-state index contributed by atoms with van der Waals surface area (Å²) in [5, 5.41) is 3.94. The zero-order valence-corrected chi connectivity index (χ0v) is 11.0. The Morgan fingerprint density at radius 3 is 2.33 bits per heavy atom. The van der Waals surface area contributed by atoms with Crippen LogP contribution in [0.4, 0.5) is 0 Å². The Balaban J connectivity index is 2.44. The molecule has 0 amide bonds. The molecule has 1 aromatic heterocycles. The van der Waals surface area contributed by atoms with E-state index in [4.69, 9.17) is 15.0 Å². The Bertz CT molecular complexity index is 538. The topological polar surface area (TPSA) is 74.2 Å². The van der Waals surface area contributed by atoms with Crippen molar-refractivity contribution in [2.24, 2.45) is 5.73 Å². The van der Waals surface area contributed by atoms with Gasteiger partial charge in [-0.15, -0.1) is 0 Å². The van der Waals surface area contributed by atoms with Crippen LogP contribution in [0.3, 0.4) is 0 Å². The molecule has 2 N–H and O–H groups in total. The molecule has 5 heteroatoms. The van der Waals surface area contributed by atoms with Crippen molar-refractivity contribution in [3.63, 3.8) is 0 Å². The molecule has 0 aliphatic carbocycles. The van der Waals surface area contributed by atoms with Crippen molar-refractivity contribution in [3.8, 4) is 17.1 Å². The average Bonchev–Trinajstić information content (AvgIpc) is 2.77. The molecule has 0 aliphatic rings. The zero-order chi connectivity index (χ0) is 13.3. The third-order valence-corrected chi connectivity index (χ3v) is 2.75. The summed E-state index contributed by atoms with van der Waals surface area (Å²) in [6, 6.07) is 3.69. The van der Waals surface area contributed by atoms with E-state index in [2.05, 4.69) is 10.1 Å². The standard InChI is InChI=1S/C13H17N3O2/c1-7-5-10(6-8(2)11(7)17-4)12-15-13(9(3)14)18-16-12/h5-6,9H,14H2,1-4H3/t9-/m1/s1. The molecule has 18 heavy (non-hydrogen) atoms. The quantitative estimate of drug-likeness (QED) is 0.901. The summed E-state index contributed by atoms with van der Waals surface area (Å²) >= 11 is 0. The molecule has 0 spiro atoms. The first-order valence-corrected chi connectivity index (χ1v) is 5.77. The highest BCUT2D eigenvalue weighted by Gasteiger charge is 2.14. The van der Waals surface area contributed by atoms with Gasteiger partial charge in [0.15, 0.2) is 0 Å². The predicted molar refractivity (Wildman–Crippen MR) is 68.4 cm³/mol. The maximum atomic E-state index is 5.69. The van der Waals surface area contributed by atoms with Gasteiger partial charge in [-0.2, -0.15) is 4.98 Å². The average molecular weight is 247 g/mol. The Morgan fingerprint density at radius 1 is 1.28 bits per heavy atom. The Labute approximate surface area is 106 Å². The lowest BCUT2D eigenvalue weighted by Crippen LogP contribution is -2.04. The van der Waals surface area contributed by atoms with E-state index >= 15 is 0 Å². The second-order valence-corrected chi connectivity index (χ2v) is 4.39. The van der Waals surface area contributed by atoms with Crippen molar-refractivity contribution >= 4 is 0 Å². The van der Waals surface area contributed by atoms with Crippen LogP contribution in [0.15, 0.2) is 16.7 Å². The van der Waals surface area contributed by atoms with Crippen LogP contribution < -0.4 is 10.5 Å². The minimum absolute atomic E-state index is 0.258. The van der Waals surface area contributed by atoms with Crippen LogP contribution in [0.2, 0.25) is 0 Å². The summed E-state index contributed by atoms with van der Waals surface area (Å²) in [7, 11) is 1.66. The first-order chi connectivity index (χ1) is 8.52. The molecule has 2 aromatic rings. The lowest BCUT2D eigenvalue weighted by molar-refractivity contribution is 0.362. The highest BCUT2D eigenvalue weighted by molar-refractivity contribution is 5.60. The number of nitrogens with zero attached hydrogens (tertiary/aromatic N) is 2. The van der Waals surface area contributed by atoms with Crippen molar-refractivity contribution in [3.05, 3.63) is 29.2 Å². The number of hydrogen-bond acceptors (Lipinski definition) is 5. The van der Waals surface area contributed by atoms with E-state index < -0.39 is 0 Å². The summed E-state index contributed by atoms with van der Waals surface area (Å²) in [6.07, 6.45) is 0. The van der Waals surface area contributed by atoms with E-state index in [1.165, 1.54) is 0 Å². The molecule has 96 valence electrons. The normalized spacial score (nSPS) is 12.5. The van der Waals surface area contributed by atoms with Crippen molar-refractivity contribution < 1.29 is 9.26 Å². The molecule has 2 rings (SSSR count). The SMILES string of the molecule is COc1c(C)cc(-c2noc([C@@H](C)N)n2)cc1C. The molecule has 1 atom stereocenters. The summed E-state index contributed by atoms with van der Waals surface area (Å²) < 4.78 is 10.4. The van der Waals surface area contributed by atoms with Gasteiger partial charge in [0.05, 0.1) is 13.2 Å². The van der Waals surface area contributed by atoms with E-state index in [0.717, 1.165) is 22.4 Å². The molecule has 1 aromatic carbocycles. The number of ether oxygens (including phenoxy) is 1. The lowest BCUT2D eigenvalue weighted by atomic mass is 10.1. The van der Waals surface area contributed by atoms with Crippen LogP contribution in [0.1, 0.15) is 30.0 Å². The largest absolute Gasteiger partial charge is 0.496 e. The van der Waals surface area contributed by atoms with Crippen molar-refractivity contribution in [2.75, 3.05) is 7.11 Å². The minimum Gasteiger partial charge on any atom is -0.496 e. The maximum absolute atomic E-state index is 5.69.